The maximum absolute atomic E-state index is 12.2. The second kappa shape index (κ2) is 9.28. The molecular formula is C22H26N2O5. The predicted molar refractivity (Wildman–Crippen MR) is 108 cm³/mol. The van der Waals surface area contributed by atoms with Gasteiger partial charge in [0.25, 0.3) is 0 Å². The smallest absolute Gasteiger partial charge is 0.342 e. The molecule has 2 rings (SSSR count). The summed E-state index contributed by atoms with van der Waals surface area (Å²) in [5.41, 5.74) is 1.28. The van der Waals surface area contributed by atoms with E-state index in [1.807, 2.05) is 30.3 Å². The molecule has 7 nitrogen and oxygen atoms in total. The van der Waals surface area contributed by atoms with Crippen LogP contribution >= 0.6 is 0 Å². The van der Waals surface area contributed by atoms with Crippen LogP contribution in [0, 0.1) is 18.3 Å². The number of hydrogen-bond acceptors (Lipinski definition) is 6. The monoisotopic (exact) mass is 398 g/mol. The lowest BCUT2D eigenvalue weighted by atomic mass is 9.87. The van der Waals surface area contributed by atoms with Crippen LogP contribution in [0.25, 0.3) is 0 Å². The van der Waals surface area contributed by atoms with Gasteiger partial charge in [0.2, 0.25) is 11.8 Å². The number of ether oxygens (including phenoxy) is 2. The molecule has 154 valence electrons. The van der Waals surface area contributed by atoms with Gasteiger partial charge >= 0.3 is 5.97 Å². The SMILES string of the molecule is COC(=O)c1c(C)oc(NC(=O)CCCOc2ccc(C(C)(C)C)cc2)c1C#N. The summed E-state index contributed by atoms with van der Waals surface area (Å²) < 4.78 is 15.7. The van der Waals surface area contributed by atoms with Crippen LogP contribution in [0.1, 0.15) is 60.9 Å². The third kappa shape index (κ3) is 5.61. The van der Waals surface area contributed by atoms with E-state index in [1.165, 1.54) is 19.6 Å². The highest BCUT2D eigenvalue weighted by Gasteiger charge is 2.25. The molecular weight excluding hydrogens is 372 g/mol. The van der Waals surface area contributed by atoms with E-state index in [1.54, 1.807) is 0 Å². The predicted octanol–water partition coefficient (Wildman–Crippen LogP) is 4.34. The number of nitrogens with zero attached hydrogens (tertiary/aromatic N) is 1. The molecule has 0 aliphatic rings. The molecule has 2 aromatic rings. The van der Waals surface area contributed by atoms with Crippen molar-refractivity contribution in [1.29, 1.82) is 5.26 Å². The minimum atomic E-state index is -0.686. The zero-order valence-corrected chi connectivity index (χ0v) is 17.4. The molecule has 0 fully saturated rings. The van der Waals surface area contributed by atoms with Crippen LogP contribution < -0.4 is 10.1 Å². The van der Waals surface area contributed by atoms with Crippen molar-refractivity contribution >= 4 is 17.8 Å². The molecule has 0 aliphatic heterocycles. The summed E-state index contributed by atoms with van der Waals surface area (Å²) in [5, 5.41) is 11.8. The maximum atomic E-state index is 12.2. The minimum absolute atomic E-state index is 0.0207. The lowest BCUT2D eigenvalue weighted by Gasteiger charge is -2.19. The molecule has 0 aliphatic carbocycles. The van der Waals surface area contributed by atoms with Crippen molar-refractivity contribution in [1.82, 2.24) is 0 Å². The average Bonchev–Trinajstić information content (AvgIpc) is 2.99. The van der Waals surface area contributed by atoms with Crippen LogP contribution in [0.4, 0.5) is 5.88 Å². The molecule has 1 heterocycles. The lowest BCUT2D eigenvalue weighted by molar-refractivity contribution is -0.116. The Bertz CT molecular complexity index is 914. The summed E-state index contributed by atoms with van der Waals surface area (Å²) in [7, 11) is 1.21. The summed E-state index contributed by atoms with van der Waals surface area (Å²) in [6.45, 7) is 8.34. The molecule has 0 saturated carbocycles. The van der Waals surface area contributed by atoms with E-state index < -0.39 is 5.97 Å². The van der Waals surface area contributed by atoms with Gasteiger partial charge in [-0.2, -0.15) is 5.26 Å². The van der Waals surface area contributed by atoms with Gasteiger partial charge in [0.1, 0.15) is 28.7 Å². The fraction of sp³-hybridized carbons (Fsp3) is 0.409. The molecule has 1 aromatic heterocycles. The molecule has 0 unspecified atom stereocenters. The highest BCUT2D eigenvalue weighted by atomic mass is 16.5. The van der Waals surface area contributed by atoms with E-state index in [-0.39, 0.29) is 40.5 Å². The summed E-state index contributed by atoms with van der Waals surface area (Å²) in [5.74, 6) is -0.109. The van der Waals surface area contributed by atoms with Gasteiger partial charge in [-0.3, -0.25) is 10.1 Å². The zero-order chi connectivity index (χ0) is 21.6. The second-order valence-corrected chi connectivity index (χ2v) is 7.62. The van der Waals surface area contributed by atoms with Gasteiger partial charge in [0.15, 0.2) is 0 Å². The Morgan fingerprint density at radius 2 is 1.86 bits per heavy atom. The van der Waals surface area contributed by atoms with Gasteiger partial charge in [-0.1, -0.05) is 32.9 Å². The summed E-state index contributed by atoms with van der Waals surface area (Å²) in [6, 6.07) is 9.77. The number of esters is 1. The van der Waals surface area contributed by atoms with Crippen LogP contribution in [0.2, 0.25) is 0 Å². The lowest BCUT2D eigenvalue weighted by Crippen LogP contribution is -2.13. The highest BCUT2D eigenvalue weighted by Crippen LogP contribution is 2.27. The Hall–Kier alpha value is -3.27. The number of amides is 1. The van der Waals surface area contributed by atoms with Gasteiger partial charge in [0.05, 0.1) is 13.7 Å². The molecule has 0 saturated heterocycles. The molecule has 0 bridgehead atoms. The van der Waals surface area contributed by atoms with E-state index in [0.29, 0.717) is 13.0 Å². The van der Waals surface area contributed by atoms with Crippen LogP contribution in [0.5, 0.6) is 5.75 Å². The third-order valence-corrected chi connectivity index (χ3v) is 4.38. The first-order chi connectivity index (χ1) is 13.7. The summed E-state index contributed by atoms with van der Waals surface area (Å²) in [6.07, 6.45) is 0.663. The van der Waals surface area contributed by atoms with Crippen molar-refractivity contribution in [3.8, 4) is 11.8 Å². The first kappa shape index (κ1) is 22.0. The quantitative estimate of drug-likeness (QED) is 0.550. The van der Waals surface area contributed by atoms with Gasteiger partial charge in [-0.05, 0) is 36.5 Å². The first-order valence-corrected chi connectivity index (χ1v) is 9.32. The molecule has 1 aromatic carbocycles. The number of hydrogen-bond donors (Lipinski definition) is 1. The number of aryl methyl sites for hydroxylation is 1. The number of methoxy groups -OCH3 is 1. The zero-order valence-electron chi connectivity index (χ0n) is 17.4. The number of rotatable bonds is 7. The van der Waals surface area contributed by atoms with Gasteiger partial charge in [-0.25, -0.2) is 4.79 Å². The molecule has 0 atom stereocenters. The highest BCUT2D eigenvalue weighted by molar-refractivity contribution is 5.98. The second-order valence-electron chi connectivity index (χ2n) is 7.62. The van der Waals surface area contributed by atoms with E-state index in [4.69, 9.17) is 9.15 Å². The van der Waals surface area contributed by atoms with Gasteiger partial charge in [-0.15, -0.1) is 0 Å². The van der Waals surface area contributed by atoms with E-state index in [9.17, 15) is 14.9 Å². The topological polar surface area (TPSA) is 102 Å². The third-order valence-electron chi connectivity index (χ3n) is 4.38. The molecule has 7 heteroatoms. The van der Waals surface area contributed by atoms with E-state index in [0.717, 1.165) is 5.75 Å². The van der Waals surface area contributed by atoms with E-state index >= 15 is 0 Å². The van der Waals surface area contributed by atoms with Crippen molar-refractivity contribution < 1.29 is 23.5 Å². The number of nitrogens with one attached hydrogen (secondary N) is 1. The van der Waals surface area contributed by atoms with Crippen molar-refractivity contribution in [3.63, 3.8) is 0 Å². The van der Waals surface area contributed by atoms with Crippen LogP contribution in [0.3, 0.4) is 0 Å². The molecule has 0 radical (unpaired) electrons. The fourth-order valence-electron chi connectivity index (χ4n) is 2.75. The Morgan fingerprint density at radius 3 is 2.41 bits per heavy atom. The van der Waals surface area contributed by atoms with Crippen LogP contribution in [0.15, 0.2) is 28.7 Å². The number of carbonyl (C=O) groups excluding carboxylic acids is 2. The number of anilines is 1. The summed E-state index contributed by atoms with van der Waals surface area (Å²) in [4.78, 5) is 23.9. The van der Waals surface area contributed by atoms with Crippen molar-refractivity contribution in [2.45, 2.75) is 46.0 Å². The minimum Gasteiger partial charge on any atom is -0.494 e. The Kier molecular flexibility index (Phi) is 7.05. The molecule has 1 N–H and O–H groups in total. The largest absolute Gasteiger partial charge is 0.494 e. The van der Waals surface area contributed by atoms with Crippen molar-refractivity contribution in [2.24, 2.45) is 0 Å². The Labute approximate surface area is 170 Å². The normalized spacial score (nSPS) is 10.9. The first-order valence-electron chi connectivity index (χ1n) is 9.32. The maximum Gasteiger partial charge on any atom is 0.342 e. The summed E-state index contributed by atoms with van der Waals surface area (Å²) >= 11 is 0. The average molecular weight is 398 g/mol. The van der Waals surface area contributed by atoms with Crippen molar-refractivity contribution in [2.75, 3.05) is 19.0 Å². The Balaban J connectivity index is 1.87. The van der Waals surface area contributed by atoms with Gasteiger partial charge in [0, 0.05) is 6.42 Å². The number of nitriles is 1. The van der Waals surface area contributed by atoms with Crippen molar-refractivity contribution in [3.05, 3.63) is 46.7 Å². The van der Waals surface area contributed by atoms with Gasteiger partial charge < -0.3 is 13.9 Å². The number of benzene rings is 1. The van der Waals surface area contributed by atoms with Crippen LogP contribution in [-0.4, -0.2) is 25.6 Å². The molecule has 1 amide bonds. The molecule has 0 spiro atoms. The fourth-order valence-corrected chi connectivity index (χ4v) is 2.75. The number of furan rings is 1. The molecule has 29 heavy (non-hydrogen) atoms. The number of carbonyl (C=O) groups is 2. The van der Waals surface area contributed by atoms with Crippen LogP contribution in [-0.2, 0) is 14.9 Å². The standard InChI is InChI=1S/C22H26N2O5/c1-14-19(21(26)27-5)17(13-23)20(29-14)24-18(25)7-6-12-28-16-10-8-15(9-11-16)22(2,3)4/h8-11H,6-7,12H2,1-5H3,(H,24,25). The Morgan fingerprint density at radius 1 is 1.21 bits per heavy atom. The van der Waals surface area contributed by atoms with E-state index in [2.05, 4.69) is 30.8 Å².